The fourth-order valence-electron chi connectivity index (χ4n) is 4.33. The van der Waals surface area contributed by atoms with Crippen molar-refractivity contribution in [1.29, 1.82) is 0 Å². The maximum Gasteiger partial charge on any atom is 0.231 e. The van der Waals surface area contributed by atoms with Crippen molar-refractivity contribution in [3.63, 3.8) is 0 Å². The number of nitrogens with zero attached hydrogens (tertiary/aromatic N) is 2. The Hall–Kier alpha value is -4.36. The number of aromatic nitrogens is 1. The van der Waals surface area contributed by atoms with Crippen molar-refractivity contribution in [1.82, 2.24) is 4.98 Å². The van der Waals surface area contributed by atoms with Crippen LogP contribution in [0.4, 0.5) is 5.13 Å². The summed E-state index contributed by atoms with van der Waals surface area (Å²) in [5.41, 5.74) is 4.91. The Morgan fingerprint density at radius 3 is 2.38 bits per heavy atom. The van der Waals surface area contributed by atoms with E-state index in [9.17, 15) is 0 Å². The molecule has 3 heterocycles. The van der Waals surface area contributed by atoms with E-state index in [0.717, 1.165) is 43.7 Å². The smallest absolute Gasteiger partial charge is 0.231 e. The molecule has 4 aromatic carbocycles. The highest BCUT2D eigenvalue weighted by Gasteiger charge is 2.18. The van der Waals surface area contributed by atoms with E-state index in [0.29, 0.717) is 10.9 Å². The lowest BCUT2D eigenvalue weighted by molar-refractivity contribution is 0.174. The number of fused-ring (bicyclic) bond motifs is 4. The van der Waals surface area contributed by atoms with Crippen LogP contribution in [0.25, 0.3) is 43.2 Å². The number of hydrogen-bond donors (Lipinski definition) is 1. The number of thiazole rings is 1. The van der Waals surface area contributed by atoms with Crippen molar-refractivity contribution in [2.75, 3.05) is 12.2 Å². The monoisotopic (exact) mass is 463 g/mol. The van der Waals surface area contributed by atoms with Crippen LogP contribution >= 0.6 is 11.3 Å². The van der Waals surface area contributed by atoms with Crippen LogP contribution in [-0.2, 0) is 0 Å². The number of rotatable bonds is 4. The van der Waals surface area contributed by atoms with Crippen molar-refractivity contribution in [3.8, 4) is 22.1 Å². The molecule has 7 rings (SSSR count). The third-order valence-corrected chi connectivity index (χ3v) is 6.84. The average molecular weight is 464 g/mol. The molecule has 164 valence electrons. The van der Waals surface area contributed by atoms with Crippen LogP contribution in [0.15, 0.2) is 88.5 Å². The molecule has 1 aliphatic rings. The van der Waals surface area contributed by atoms with E-state index < -0.39 is 0 Å². The number of hydrogen-bond acceptors (Lipinski definition) is 7. The topological polar surface area (TPSA) is 68.9 Å². The largest absolute Gasteiger partial charge is 0.455 e. The summed E-state index contributed by atoms with van der Waals surface area (Å²) in [5.74, 6) is 2.19. The second-order valence-electron chi connectivity index (χ2n) is 7.99. The van der Waals surface area contributed by atoms with Gasteiger partial charge in [-0.15, -0.1) is 0 Å². The first-order valence-corrected chi connectivity index (χ1v) is 11.6. The first-order chi connectivity index (χ1) is 16.8. The molecule has 0 saturated carbocycles. The van der Waals surface area contributed by atoms with E-state index in [1.807, 2.05) is 24.4 Å². The summed E-state index contributed by atoms with van der Waals surface area (Å²) in [5, 5.41) is 10.9. The van der Waals surface area contributed by atoms with E-state index in [1.54, 1.807) is 6.20 Å². The molecule has 0 unspecified atom stereocenters. The molecule has 0 spiro atoms. The maximum absolute atomic E-state index is 6.03. The van der Waals surface area contributed by atoms with Gasteiger partial charge in [-0.3, -0.25) is 5.43 Å². The van der Waals surface area contributed by atoms with Gasteiger partial charge in [0.2, 0.25) is 11.9 Å². The molecule has 7 heteroatoms. The first kappa shape index (κ1) is 19.1. The summed E-state index contributed by atoms with van der Waals surface area (Å²) >= 11 is 1.48. The van der Waals surface area contributed by atoms with Gasteiger partial charge in [-0.1, -0.05) is 59.9 Å². The molecule has 1 aliphatic heterocycles. The predicted molar refractivity (Wildman–Crippen MR) is 136 cm³/mol. The highest BCUT2D eigenvalue weighted by Crippen LogP contribution is 2.40. The first-order valence-electron chi connectivity index (χ1n) is 10.8. The Kier molecular flexibility index (Phi) is 4.28. The van der Waals surface area contributed by atoms with Crippen LogP contribution in [0.2, 0.25) is 0 Å². The zero-order valence-corrected chi connectivity index (χ0v) is 18.6. The van der Waals surface area contributed by atoms with Crippen LogP contribution in [0.1, 0.15) is 5.56 Å². The summed E-state index contributed by atoms with van der Waals surface area (Å²) in [6.07, 6.45) is 3.66. The van der Waals surface area contributed by atoms with Crippen LogP contribution in [0, 0.1) is 0 Å². The Labute approximate surface area is 198 Å². The van der Waals surface area contributed by atoms with E-state index in [4.69, 9.17) is 13.9 Å². The SMILES string of the molecule is C(=N\Nc1ncc(-c2cc3cc4c(cc3o2)OCO4)s1)/c1c2ccccc2cc2ccccc12. The quantitative estimate of drug-likeness (QED) is 0.173. The Bertz CT molecular complexity index is 1640. The molecule has 0 saturated heterocycles. The number of benzene rings is 4. The molecule has 6 nitrogen and oxygen atoms in total. The van der Waals surface area contributed by atoms with Crippen molar-refractivity contribution >= 4 is 55.2 Å². The molecule has 0 aliphatic carbocycles. The minimum Gasteiger partial charge on any atom is -0.455 e. The van der Waals surface area contributed by atoms with Gasteiger partial charge in [-0.05, 0) is 39.7 Å². The second kappa shape index (κ2) is 7.60. The fraction of sp³-hybridized carbons (Fsp3) is 0.0370. The molecular weight excluding hydrogens is 446 g/mol. The van der Waals surface area contributed by atoms with Crippen molar-refractivity contribution in [2.45, 2.75) is 0 Å². The van der Waals surface area contributed by atoms with Crippen molar-refractivity contribution < 1.29 is 13.9 Å². The summed E-state index contributed by atoms with van der Waals surface area (Å²) in [6, 6.07) is 24.7. The van der Waals surface area contributed by atoms with Crippen molar-refractivity contribution in [3.05, 3.63) is 84.6 Å². The van der Waals surface area contributed by atoms with E-state index in [-0.39, 0.29) is 6.79 Å². The van der Waals surface area contributed by atoms with Crippen LogP contribution in [-0.4, -0.2) is 18.0 Å². The van der Waals surface area contributed by atoms with Gasteiger partial charge in [0.25, 0.3) is 0 Å². The van der Waals surface area contributed by atoms with Gasteiger partial charge in [0, 0.05) is 17.0 Å². The van der Waals surface area contributed by atoms with E-state index in [1.165, 1.54) is 22.1 Å². The third kappa shape index (κ3) is 3.17. The molecule has 0 radical (unpaired) electrons. The highest BCUT2D eigenvalue weighted by molar-refractivity contribution is 7.18. The summed E-state index contributed by atoms with van der Waals surface area (Å²) in [4.78, 5) is 5.37. The Morgan fingerprint density at radius 2 is 1.59 bits per heavy atom. The normalized spacial score (nSPS) is 12.9. The van der Waals surface area contributed by atoms with Gasteiger partial charge in [0.1, 0.15) is 11.3 Å². The van der Waals surface area contributed by atoms with Gasteiger partial charge in [0.15, 0.2) is 11.5 Å². The number of anilines is 1. The van der Waals surface area contributed by atoms with Crippen LogP contribution in [0.3, 0.4) is 0 Å². The average Bonchev–Trinajstić information content (AvgIpc) is 3.61. The molecule has 1 N–H and O–H groups in total. The lowest BCUT2D eigenvalue weighted by atomic mass is 9.97. The summed E-state index contributed by atoms with van der Waals surface area (Å²) in [6.45, 7) is 0.244. The van der Waals surface area contributed by atoms with Crippen molar-refractivity contribution in [2.24, 2.45) is 5.10 Å². The highest BCUT2D eigenvalue weighted by atomic mass is 32.1. The summed E-state index contributed by atoms with van der Waals surface area (Å²) < 4.78 is 16.9. The maximum atomic E-state index is 6.03. The zero-order chi connectivity index (χ0) is 22.5. The molecule has 6 aromatic rings. The summed E-state index contributed by atoms with van der Waals surface area (Å²) in [7, 11) is 0. The number of hydrazone groups is 1. The molecule has 0 bridgehead atoms. The molecule has 0 atom stereocenters. The minimum absolute atomic E-state index is 0.244. The number of nitrogens with one attached hydrogen (secondary N) is 1. The number of ether oxygens (including phenoxy) is 2. The predicted octanol–water partition coefficient (Wildman–Crippen LogP) is 7.04. The molecule has 0 amide bonds. The van der Waals surface area contributed by atoms with E-state index in [2.05, 4.69) is 70.1 Å². The Balaban J connectivity index is 1.18. The molecule has 0 fully saturated rings. The minimum atomic E-state index is 0.244. The second-order valence-corrected chi connectivity index (χ2v) is 9.02. The molecular formula is C27H17N3O3S. The van der Waals surface area contributed by atoms with Gasteiger partial charge < -0.3 is 13.9 Å². The Morgan fingerprint density at radius 1 is 0.853 bits per heavy atom. The van der Waals surface area contributed by atoms with Gasteiger partial charge in [0.05, 0.1) is 17.3 Å². The van der Waals surface area contributed by atoms with Gasteiger partial charge in [-0.25, -0.2) is 4.98 Å². The zero-order valence-electron chi connectivity index (χ0n) is 17.8. The van der Waals surface area contributed by atoms with Gasteiger partial charge >= 0.3 is 0 Å². The third-order valence-electron chi connectivity index (χ3n) is 5.93. The molecule has 2 aromatic heterocycles. The standard InChI is InChI=1S/C27H17N3O3S/c1-3-7-19-16(5-1)9-17-6-2-4-8-20(17)21(19)13-29-30-27-28-14-26(34-27)25-11-18-10-23-24(32-15-31-23)12-22(18)33-25/h1-14H,15H2,(H,28,30)/b29-13+. The lowest BCUT2D eigenvalue weighted by Crippen LogP contribution is -1.92. The van der Waals surface area contributed by atoms with Crippen LogP contribution < -0.4 is 14.9 Å². The lowest BCUT2D eigenvalue weighted by Gasteiger charge is -2.07. The van der Waals surface area contributed by atoms with E-state index >= 15 is 0 Å². The van der Waals surface area contributed by atoms with Gasteiger partial charge in [-0.2, -0.15) is 5.10 Å². The molecule has 34 heavy (non-hydrogen) atoms. The van der Waals surface area contributed by atoms with Crippen LogP contribution in [0.5, 0.6) is 11.5 Å². The fourth-order valence-corrected chi connectivity index (χ4v) is 5.05. The number of furan rings is 1.